The topological polar surface area (TPSA) is 80.3 Å². The minimum Gasteiger partial charge on any atom is -0.305 e. The first-order chi connectivity index (χ1) is 17.8. The molecular weight excluding hydrogens is 663 g/mol. The Morgan fingerprint density at radius 3 is 1.42 bits per heavy atom. The predicted octanol–water partition coefficient (Wildman–Crippen LogP) is 10.4. The Labute approximate surface area is 256 Å². The summed E-state index contributed by atoms with van der Waals surface area (Å²) in [6, 6.07) is 4.36. The van der Waals surface area contributed by atoms with Crippen molar-refractivity contribution >= 4 is 85.0 Å². The molecule has 0 fully saturated rings. The van der Waals surface area contributed by atoms with E-state index in [1.54, 1.807) is 0 Å². The van der Waals surface area contributed by atoms with Gasteiger partial charge in [-0.15, -0.1) is 46.4 Å². The average Bonchev–Trinajstić information content (AvgIpc) is 2.92. The highest BCUT2D eigenvalue weighted by Gasteiger charge is 2.46. The van der Waals surface area contributed by atoms with E-state index in [1.165, 1.54) is 18.2 Å². The lowest BCUT2D eigenvalue weighted by atomic mass is 10.2. The molecule has 0 aliphatic rings. The molecule has 0 bridgehead atoms. The molecule has 0 aliphatic carbocycles. The van der Waals surface area contributed by atoms with Crippen molar-refractivity contribution in [2.45, 2.75) is 80.7 Å². The van der Waals surface area contributed by atoms with Crippen LogP contribution in [0.5, 0.6) is 0 Å². The van der Waals surface area contributed by atoms with Crippen molar-refractivity contribution < 1.29 is 31.7 Å². The Morgan fingerprint density at radius 1 is 0.658 bits per heavy atom. The molecule has 1 aromatic rings. The van der Waals surface area contributed by atoms with Gasteiger partial charge >= 0.3 is 15.4 Å². The lowest BCUT2D eigenvalue weighted by molar-refractivity contribution is 0.0815. The Kier molecular flexibility index (Phi) is 18.3. The molecule has 0 radical (unpaired) electrons. The van der Waals surface area contributed by atoms with Gasteiger partial charge in [0, 0.05) is 0 Å². The van der Waals surface area contributed by atoms with Crippen LogP contribution in [0.15, 0.2) is 18.2 Å². The van der Waals surface area contributed by atoms with Crippen molar-refractivity contribution in [3.05, 3.63) is 33.8 Å². The van der Waals surface area contributed by atoms with E-state index in [1.807, 2.05) is 27.7 Å². The minimum absolute atomic E-state index is 0.132. The Hall–Kier alpha value is 1.22. The van der Waals surface area contributed by atoms with Gasteiger partial charge < -0.3 is 9.05 Å². The smallest absolute Gasteiger partial charge is 0.305 e. The summed E-state index contributed by atoms with van der Waals surface area (Å²) in [4.78, 5) is 0. The number of alkyl halides is 4. The van der Waals surface area contributed by atoms with E-state index in [0.29, 0.717) is 25.7 Å². The second-order valence-electron chi connectivity index (χ2n) is 8.32. The number of phosphoric ester groups is 1. The fraction of sp³-hybridized carbons (Fsp3) is 0.739. The highest BCUT2D eigenvalue weighted by Crippen LogP contribution is 2.68. The molecule has 1 rings (SSSR count). The number of benzene rings is 1. The van der Waals surface area contributed by atoms with E-state index in [-0.39, 0.29) is 42.0 Å². The molecule has 0 heterocycles. The van der Waals surface area contributed by atoms with Gasteiger partial charge in [0.1, 0.15) is 0 Å². The summed E-state index contributed by atoms with van der Waals surface area (Å²) in [5.41, 5.74) is 0.191. The summed E-state index contributed by atoms with van der Waals surface area (Å²) in [6.07, 6.45) is 2.11. The van der Waals surface area contributed by atoms with Crippen molar-refractivity contribution in [1.29, 1.82) is 0 Å². The maximum absolute atomic E-state index is 14.4. The zero-order valence-electron chi connectivity index (χ0n) is 21.8. The summed E-state index contributed by atoms with van der Waals surface area (Å²) >= 11 is 37.3. The monoisotopic (exact) mass is 696 g/mol. The van der Waals surface area contributed by atoms with Crippen LogP contribution < -0.4 is 0 Å². The fourth-order valence-electron chi connectivity index (χ4n) is 2.55. The van der Waals surface area contributed by atoms with Gasteiger partial charge in [-0.25, -0.2) is 4.57 Å². The molecule has 15 heteroatoms. The maximum atomic E-state index is 14.4. The van der Waals surface area contributed by atoms with E-state index in [2.05, 4.69) is 0 Å². The van der Waals surface area contributed by atoms with Crippen LogP contribution in [0.25, 0.3) is 0 Å². The zero-order chi connectivity index (χ0) is 28.9. The van der Waals surface area contributed by atoms with Gasteiger partial charge in [-0.3, -0.25) is 18.1 Å². The summed E-state index contributed by atoms with van der Waals surface area (Å²) in [5.74, 6) is -1.62. The standard InChI is InChI=1S/C23H36Cl6O7P2/c1-5-17(24)12-32-37(30,33-13-18(25)6-2)23(16-9-10-21(28)22(29)11-16)36-38(31,34-14-19(26)7-3)35-15-20(27)8-4/h9-11,17-20,23H,5-8,12-15H2,1-4H3/t17-,18-,19-,20-,23-/m1/s1. The zero-order valence-corrected chi connectivity index (χ0v) is 28.1. The molecule has 0 saturated heterocycles. The van der Waals surface area contributed by atoms with E-state index in [4.69, 9.17) is 92.2 Å². The van der Waals surface area contributed by atoms with Crippen LogP contribution >= 0.6 is 85.0 Å². The molecule has 0 spiro atoms. The van der Waals surface area contributed by atoms with Crippen molar-refractivity contribution in [3.8, 4) is 0 Å². The van der Waals surface area contributed by atoms with Crippen LogP contribution in [-0.4, -0.2) is 47.9 Å². The van der Waals surface area contributed by atoms with Gasteiger partial charge in [0.2, 0.25) is 0 Å². The van der Waals surface area contributed by atoms with E-state index < -0.39 is 42.8 Å². The van der Waals surface area contributed by atoms with Crippen LogP contribution in [0.1, 0.15) is 64.8 Å². The lowest BCUT2D eigenvalue weighted by Gasteiger charge is -2.31. The summed E-state index contributed by atoms with van der Waals surface area (Å²) in [6.45, 7) is 6.70. The second kappa shape index (κ2) is 18.7. The molecule has 7 nitrogen and oxygen atoms in total. The number of hydrogen-bond donors (Lipinski definition) is 0. The SMILES string of the molecule is CC[C@@H](Cl)COP(=O)(OC[C@H](Cl)CC)O[C@@H](c1ccc(Cl)c(Cl)c1)P(=O)(OC[C@H](Cl)CC)OC[C@H](Cl)CC. The van der Waals surface area contributed by atoms with Gasteiger partial charge in [0.15, 0.2) is 5.85 Å². The average molecular weight is 699 g/mol. The van der Waals surface area contributed by atoms with E-state index in [9.17, 15) is 9.13 Å². The first-order valence-corrected chi connectivity index (χ1v) is 17.9. The van der Waals surface area contributed by atoms with Gasteiger partial charge in [-0.2, -0.15) is 0 Å². The van der Waals surface area contributed by atoms with Crippen LogP contribution in [0.4, 0.5) is 0 Å². The summed E-state index contributed by atoms with van der Waals surface area (Å²) < 4.78 is 56.8. The highest BCUT2D eigenvalue weighted by atomic mass is 35.5. The first kappa shape index (κ1) is 37.2. The molecule has 0 amide bonds. The van der Waals surface area contributed by atoms with Crippen molar-refractivity contribution in [2.24, 2.45) is 0 Å². The Morgan fingerprint density at radius 2 is 1.05 bits per heavy atom. The Balaban J connectivity index is 3.58. The highest BCUT2D eigenvalue weighted by molar-refractivity contribution is 7.55. The third kappa shape index (κ3) is 13.0. The minimum atomic E-state index is -4.45. The molecule has 0 unspecified atom stereocenters. The van der Waals surface area contributed by atoms with Crippen LogP contribution in [-0.2, 0) is 31.7 Å². The van der Waals surface area contributed by atoms with E-state index in [0.717, 1.165) is 0 Å². The van der Waals surface area contributed by atoms with Crippen molar-refractivity contribution in [1.82, 2.24) is 0 Å². The molecule has 0 N–H and O–H groups in total. The maximum Gasteiger partial charge on any atom is 0.476 e. The summed E-state index contributed by atoms with van der Waals surface area (Å²) in [5, 5.41) is -1.57. The number of rotatable bonds is 20. The number of halogens is 6. The Bertz CT molecular complexity index is 892. The molecule has 1 aromatic carbocycles. The number of phosphoric acid groups is 1. The number of hydrogen-bond acceptors (Lipinski definition) is 7. The quantitative estimate of drug-likeness (QED) is 0.0990. The molecule has 38 heavy (non-hydrogen) atoms. The van der Waals surface area contributed by atoms with Crippen LogP contribution in [0, 0.1) is 0 Å². The van der Waals surface area contributed by atoms with Gasteiger partial charge in [-0.1, -0.05) is 57.0 Å². The molecule has 0 aromatic heterocycles. The van der Waals surface area contributed by atoms with Gasteiger partial charge in [0.25, 0.3) is 0 Å². The van der Waals surface area contributed by atoms with Crippen LogP contribution in [0.3, 0.4) is 0 Å². The van der Waals surface area contributed by atoms with Crippen molar-refractivity contribution in [3.63, 3.8) is 0 Å². The fourth-order valence-corrected chi connectivity index (χ4v) is 7.20. The second-order valence-corrected chi connectivity index (χ2v) is 15.3. The normalized spacial score (nSPS) is 16.7. The third-order valence-corrected chi connectivity index (χ3v) is 11.3. The molecular formula is C23H36Cl6O7P2. The first-order valence-electron chi connectivity index (χ1n) is 12.3. The molecule has 5 atom stereocenters. The van der Waals surface area contributed by atoms with E-state index >= 15 is 0 Å². The largest absolute Gasteiger partial charge is 0.476 e. The van der Waals surface area contributed by atoms with Crippen molar-refractivity contribution in [2.75, 3.05) is 26.4 Å². The van der Waals surface area contributed by atoms with Crippen LogP contribution in [0.2, 0.25) is 10.0 Å². The lowest BCUT2D eigenvalue weighted by Crippen LogP contribution is -2.19. The summed E-state index contributed by atoms with van der Waals surface area (Å²) in [7, 11) is -8.77. The molecule has 0 saturated carbocycles. The molecule has 0 aliphatic heterocycles. The van der Waals surface area contributed by atoms with Gasteiger partial charge in [-0.05, 0) is 43.4 Å². The van der Waals surface area contributed by atoms with Gasteiger partial charge in [0.05, 0.1) is 58.0 Å². The predicted molar refractivity (Wildman–Crippen MR) is 159 cm³/mol. The molecule has 222 valence electrons. The third-order valence-electron chi connectivity index (χ3n) is 5.21.